The van der Waals surface area contributed by atoms with E-state index in [4.69, 9.17) is 4.74 Å². The third-order valence-corrected chi connectivity index (χ3v) is 1.86. The largest absolute Gasteiger partial charge is 0.508 e. The Morgan fingerprint density at radius 3 is 3.08 bits per heavy atom. The van der Waals surface area contributed by atoms with E-state index in [9.17, 15) is 5.11 Å². The van der Waals surface area contributed by atoms with Gasteiger partial charge in [0.05, 0.1) is 0 Å². The van der Waals surface area contributed by atoms with Crippen LogP contribution in [0, 0.1) is 0 Å². The Labute approximate surface area is 71.1 Å². The number of rotatable bonds is 0. The van der Waals surface area contributed by atoms with Gasteiger partial charge in [0.25, 0.3) is 0 Å². The second-order valence-corrected chi connectivity index (χ2v) is 2.90. The van der Waals surface area contributed by atoms with Crippen LogP contribution in [0.1, 0.15) is 12.5 Å². The van der Waals surface area contributed by atoms with E-state index in [-0.39, 0.29) is 11.9 Å². The molecule has 0 spiro atoms. The molecule has 1 aliphatic heterocycles. The molecule has 1 heterocycles. The average Bonchev–Trinajstić information content (AvgIpc) is 2.03. The zero-order chi connectivity index (χ0) is 8.55. The molecule has 0 radical (unpaired) electrons. The van der Waals surface area contributed by atoms with Gasteiger partial charge in [-0.15, -0.1) is 0 Å². The molecule has 2 rings (SSSR count). The molecule has 1 aromatic carbocycles. The third-order valence-electron chi connectivity index (χ3n) is 1.86. The Balaban J connectivity index is 2.47. The van der Waals surface area contributed by atoms with Crippen LogP contribution in [0.2, 0.25) is 0 Å². The predicted molar refractivity (Wildman–Crippen MR) is 47.2 cm³/mol. The van der Waals surface area contributed by atoms with Gasteiger partial charge in [-0.2, -0.15) is 0 Å². The van der Waals surface area contributed by atoms with Crippen molar-refractivity contribution in [1.29, 1.82) is 0 Å². The maximum atomic E-state index is 9.17. The summed E-state index contributed by atoms with van der Waals surface area (Å²) in [6.45, 7) is 1.96. The van der Waals surface area contributed by atoms with Crippen molar-refractivity contribution in [1.82, 2.24) is 0 Å². The molecule has 0 saturated carbocycles. The monoisotopic (exact) mass is 162 g/mol. The normalized spacial score (nSPS) is 19.9. The number of ether oxygens (including phenoxy) is 1. The summed E-state index contributed by atoms with van der Waals surface area (Å²) in [5.41, 5.74) is 1.02. The summed E-state index contributed by atoms with van der Waals surface area (Å²) >= 11 is 0. The van der Waals surface area contributed by atoms with Gasteiger partial charge in [0.1, 0.15) is 17.6 Å². The van der Waals surface area contributed by atoms with Crippen LogP contribution in [0.25, 0.3) is 6.08 Å². The summed E-state index contributed by atoms with van der Waals surface area (Å²) in [6.07, 6.45) is 4.08. The molecule has 0 fully saturated rings. The quantitative estimate of drug-likeness (QED) is 0.633. The molecule has 2 heteroatoms. The topological polar surface area (TPSA) is 29.5 Å². The second kappa shape index (κ2) is 2.55. The second-order valence-electron chi connectivity index (χ2n) is 2.90. The lowest BCUT2D eigenvalue weighted by Crippen LogP contribution is -2.11. The lowest BCUT2D eigenvalue weighted by atomic mass is 10.1. The Morgan fingerprint density at radius 1 is 1.42 bits per heavy atom. The minimum Gasteiger partial charge on any atom is -0.508 e. The van der Waals surface area contributed by atoms with Crippen molar-refractivity contribution >= 4 is 6.08 Å². The van der Waals surface area contributed by atoms with Crippen LogP contribution in [0.4, 0.5) is 0 Å². The molecule has 2 nitrogen and oxygen atoms in total. The highest BCUT2D eigenvalue weighted by Crippen LogP contribution is 2.29. The van der Waals surface area contributed by atoms with Crippen LogP contribution in [0.5, 0.6) is 11.5 Å². The van der Waals surface area contributed by atoms with E-state index in [0.717, 1.165) is 11.3 Å². The first-order valence-electron chi connectivity index (χ1n) is 3.93. The molecule has 1 aliphatic rings. The molecule has 62 valence electrons. The lowest BCUT2D eigenvalue weighted by molar-refractivity contribution is 0.265. The van der Waals surface area contributed by atoms with Gasteiger partial charge < -0.3 is 9.84 Å². The average molecular weight is 162 g/mol. The van der Waals surface area contributed by atoms with Gasteiger partial charge >= 0.3 is 0 Å². The summed E-state index contributed by atoms with van der Waals surface area (Å²) in [5.74, 6) is 1.00. The lowest BCUT2D eigenvalue weighted by Gasteiger charge is -2.17. The van der Waals surface area contributed by atoms with Crippen LogP contribution in [-0.4, -0.2) is 11.2 Å². The summed E-state index contributed by atoms with van der Waals surface area (Å²) < 4.78 is 5.47. The predicted octanol–water partition coefficient (Wildman–Crippen LogP) is 2.19. The van der Waals surface area contributed by atoms with E-state index in [1.165, 1.54) is 0 Å². The molecule has 0 bridgehead atoms. The Bertz CT molecular complexity index is 329. The van der Waals surface area contributed by atoms with Gasteiger partial charge in [-0.25, -0.2) is 0 Å². The molecule has 0 saturated heterocycles. The SMILES string of the molecule is CC1C=Cc2ccc(O)cc2O1. The van der Waals surface area contributed by atoms with Crippen LogP contribution < -0.4 is 4.74 Å². The van der Waals surface area contributed by atoms with Crippen molar-refractivity contribution in [3.8, 4) is 11.5 Å². The van der Waals surface area contributed by atoms with Gasteiger partial charge in [0, 0.05) is 11.6 Å². The minimum atomic E-state index is 0.0966. The molecule has 0 aromatic heterocycles. The van der Waals surface area contributed by atoms with Gasteiger partial charge in [0.15, 0.2) is 0 Å². The molecule has 1 unspecified atom stereocenters. The fourth-order valence-electron chi connectivity index (χ4n) is 1.24. The molecule has 1 N–H and O–H groups in total. The molecule has 0 aliphatic carbocycles. The molecule has 1 aromatic rings. The van der Waals surface area contributed by atoms with E-state index in [1.54, 1.807) is 12.1 Å². The van der Waals surface area contributed by atoms with E-state index in [2.05, 4.69) is 0 Å². The number of phenols is 1. The summed E-state index contributed by atoms with van der Waals surface area (Å²) in [6, 6.07) is 5.13. The molecule has 0 amide bonds. The highest BCUT2D eigenvalue weighted by molar-refractivity contribution is 5.61. The van der Waals surface area contributed by atoms with Crippen LogP contribution >= 0.6 is 0 Å². The molecular weight excluding hydrogens is 152 g/mol. The highest BCUT2D eigenvalue weighted by atomic mass is 16.5. The summed E-state index contributed by atoms with van der Waals surface area (Å²) in [5, 5.41) is 9.17. The number of hydrogen-bond acceptors (Lipinski definition) is 2. The zero-order valence-corrected chi connectivity index (χ0v) is 6.82. The van der Waals surface area contributed by atoms with E-state index < -0.39 is 0 Å². The third kappa shape index (κ3) is 1.16. The number of aromatic hydroxyl groups is 1. The van der Waals surface area contributed by atoms with Crippen LogP contribution in [0.15, 0.2) is 24.3 Å². The fourth-order valence-corrected chi connectivity index (χ4v) is 1.24. The standard InChI is InChI=1S/C10H10O2/c1-7-2-3-8-4-5-9(11)6-10(8)12-7/h2-7,11H,1H3. The van der Waals surface area contributed by atoms with Crippen molar-refractivity contribution in [3.63, 3.8) is 0 Å². The fraction of sp³-hybridized carbons (Fsp3) is 0.200. The van der Waals surface area contributed by atoms with Gasteiger partial charge in [-0.05, 0) is 25.1 Å². The molecular formula is C10H10O2. The Morgan fingerprint density at radius 2 is 2.25 bits per heavy atom. The summed E-state index contributed by atoms with van der Waals surface area (Å²) in [4.78, 5) is 0. The van der Waals surface area contributed by atoms with Crippen LogP contribution in [0.3, 0.4) is 0 Å². The maximum absolute atomic E-state index is 9.17. The highest BCUT2D eigenvalue weighted by Gasteiger charge is 2.10. The first kappa shape index (κ1) is 7.22. The van der Waals surface area contributed by atoms with Gasteiger partial charge in [0.2, 0.25) is 0 Å². The first-order valence-corrected chi connectivity index (χ1v) is 3.93. The first-order chi connectivity index (χ1) is 5.75. The molecule has 12 heavy (non-hydrogen) atoms. The number of fused-ring (bicyclic) bond motifs is 1. The van der Waals surface area contributed by atoms with E-state index in [1.807, 2.05) is 25.1 Å². The number of phenolic OH excluding ortho intramolecular Hbond substituents is 1. The van der Waals surface area contributed by atoms with Crippen LogP contribution in [-0.2, 0) is 0 Å². The van der Waals surface area contributed by atoms with Crippen molar-refractivity contribution < 1.29 is 9.84 Å². The van der Waals surface area contributed by atoms with Crippen molar-refractivity contribution in [2.75, 3.05) is 0 Å². The number of benzene rings is 1. The Hall–Kier alpha value is -1.44. The van der Waals surface area contributed by atoms with Gasteiger partial charge in [-0.3, -0.25) is 0 Å². The van der Waals surface area contributed by atoms with Crippen molar-refractivity contribution in [2.45, 2.75) is 13.0 Å². The summed E-state index contributed by atoms with van der Waals surface area (Å²) in [7, 11) is 0. The van der Waals surface area contributed by atoms with Crippen molar-refractivity contribution in [3.05, 3.63) is 29.8 Å². The Kier molecular flexibility index (Phi) is 1.54. The van der Waals surface area contributed by atoms with E-state index in [0.29, 0.717) is 0 Å². The zero-order valence-electron chi connectivity index (χ0n) is 6.82. The minimum absolute atomic E-state index is 0.0966. The van der Waals surface area contributed by atoms with Gasteiger partial charge in [-0.1, -0.05) is 6.08 Å². The number of hydrogen-bond donors (Lipinski definition) is 1. The molecule has 1 atom stereocenters. The van der Waals surface area contributed by atoms with E-state index >= 15 is 0 Å². The smallest absolute Gasteiger partial charge is 0.131 e. The van der Waals surface area contributed by atoms with Crippen molar-refractivity contribution in [2.24, 2.45) is 0 Å². The maximum Gasteiger partial charge on any atom is 0.131 e.